The van der Waals surface area contributed by atoms with Crippen molar-refractivity contribution in [3.63, 3.8) is 0 Å². The van der Waals surface area contributed by atoms with E-state index in [9.17, 15) is 14.9 Å². The first-order chi connectivity index (χ1) is 15.6. The fraction of sp³-hybridized carbons (Fsp3) is 0.208. The Hall–Kier alpha value is -3.52. The van der Waals surface area contributed by atoms with Gasteiger partial charge in [0.05, 0.1) is 22.9 Å². The highest BCUT2D eigenvalue weighted by atomic mass is 32.2. The molecule has 1 unspecified atom stereocenters. The van der Waals surface area contributed by atoms with E-state index in [0.717, 1.165) is 29.2 Å². The van der Waals surface area contributed by atoms with Crippen molar-refractivity contribution in [3.05, 3.63) is 88.0 Å². The van der Waals surface area contributed by atoms with Gasteiger partial charge >= 0.3 is 0 Å². The summed E-state index contributed by atoms with van der Waals surface area (Å²) in [6.07, 6.45) is 3.13. The van der Waals surface area contributed by atoms with Gasteiger partial charge in [-0.1, -0.05) is 79.7 Å². The molecule has 3 aromatic carbocycles. The topological polar surface area (TPSA) is 88.2 Å². The van der Waals surface area contributed by atoms with Crippen LogP contribution in [-0.4, -0.2) is 32.4 Å². The number of carbonyl (C=O) groups excluding carboxylic acids is 1. The number of non-ortho nitro benzene ring substituents is 1. The molecule has 4 rings (SSSR count). The normalized spacial score (nSPS) is 17.7. The molecule has 1 atom stereocenters. The van der Waals surface area contributed by atoms with E-state index in [4.69, 9.17) is 0 Å². The average Bonchev–Trinajstić information content (AvgIpc) is 3.09. The second kappa shape index (κ2) is 9.74. The standard InChI is InChI=1S/C24H22N4O3S/c1-2-7-22-23(29)27(16-19-11-6-10-18-9-3-4-13-21(18)19)24(32-22)26-25-15-17-8-5-12-20(14-17)28(30)31/h3-6,8-15,22H,2,7,16H2,1H3/b25-15+,26-24-. The lowest BCUT2D eigenvalue weighted by atomic mass is 10.0. The lowest BCUT2D eigenvalue weighted by Gasteiger charge is -2.17. The molecule has 0 N–H and O–H groups in total. The molecule has 1 heterocycles. The van der Waals surface area contributed by atoms with Gasteiger partial charge in [0.15, 0.2) is 5.17 Å². The lowest BCUT2D eigenvalue weighted by molar-refractivity contribution is -0.384. The summed E-state index contributed by atoms with van der Waals surface area (Å²) < 4.78 is 0. The lowest BCUT2D eigenvalue weighted by Crippen LogP contribution is -2.31. The Balaban J connectivity index is 1.62. The van der Waals surface area contributed by atoms with E-state index in [1.54, 1.807) is 17.0 Å². The monoisotopic (exact) mass is 446 g/mol. The van der Waals surface area contributed by atoms with Gasteiger partial charge in [-0.05, 0) is 22.8 Å². The summed E-state index contributed by atoms with van der Waals surface area (Å²) in [7, 11) is 0. The van der Waals surface area contributed by atoms with E-state index in [1.165, 1.54) is 30.1 Å². The molecule has 1 saturated heterocycles. The van der Waals surface area contributed by atoms with Crippen LogP contribution in [0.4, 0.5) is 5.69 Å². The molecule has 1 amide bonds. The van der Waals surface area contributed by atoms with Gasteiger partial charge in [0.2, 0.25) is 5.91 Å². The SMILES string of the molecule is CCCC1S/C(=N\N=C\c2cccc([N+](=O)[O-])c2)N(Cc2cccc3ccccc23)C1=O. The van der Waals surface area contributed by atoms with Crippen LogP contribution in [0.15, 0.2) is 76.9 Å². The summed E-state index contributed by atoms with van der Waals surface area (Å²) in [6, 6.07) is 20.3. The van der Waals surface area contributed by atoms with Crippen LogP contribution in [0.5, 0.6) is 0 Å². The number of hydrogen-bond donors (Lipinski definition) is 0. The third kappa shape index (κ3) is 4.70. The Morgan fingerprint density at radius 1 is 1.12 bits per heavy atom. The molecule has 0 saturated carbocycles. The van der Waals surface area contributed by atoms with Gasteiger partial charge in [-0.15, -0.1) is 5.10 Å². The third-order valence-corrected chi connectivity index (χ3v) is 6.45. The number of rotatable bonds is 7. The predicted octanol–water partition coefficient (Wildman–Crippen LogP) is 5.38. The van der Waals surface area contributed by atoms with Crippen LogP contribution >= 0.6 is 11.8 Å². The van der Waals surface area contributed by atoms with Gasteiger partial charge in [0.25, 0.3) is 5.69 Å². The molecule has 162 valence electrons. The molecule has 0 spiro atoms. The van der Waals surface area contributed by atoms with Gasteiger partial charge < -0.3 is 0 Å². The van der Waals surface area contributed by atoms with Crippen LogP contribution < -0.4 is 0 Å². The Labute approximate surface area is 190 Å². The van der Waals surface area contributed by atoms with Crippen molar-refractivity contribution in [1.29, 1.82) is 0 Å². The van der Waals surface area contributed by atoms with Crippen LogP contribution in [0.2, 0.25) is 0 Å². The maximum absolute atomic E-state index is 13.1. The maximum atomic E-state index is 13.1. The third-order valence-electron chi connectivity index (χ3n) is 5.21. The number of fused-ring (bicyclic) bond motifs is 1. The quantitative estimate of drug-likeness (QED) is 0.277. The summed E-state index contributed by atoms with van der Waals surface area (Å²) in [6.45, 7) is 2.47. The number of nitro groups is 1. The van der Waals surface area contributed by atoms with E-state index in [2.05, 4.69) is 35.3 Å². The number of amides is 1. The van der Waals surface area contributed by atoms with Gasteiger partial charge in [-0.3, -0.25) is 19.8 Å². The van der Waals surface area contributed by atoms with E-state index >= 15 is 0 Å². The molecule has 0 bridgehead atoms. The minimum absolute atomic E-state index is 0.00684. The van der Waals surface area contributed by atoms with Crippen LogP contribution in [0, 0.1) is 10.1 Å². The predicted molar refractivity (Wildman–Crippen MR) is 129 cm³/mol. The number of nitro benzene ring substituents is 1. The number of benzene rings is 3. The molecule has 0 aromatic heterocycles. The Bertz CT molecular complexity index is 1220. The highest BCUT2D eigenvalue weighted by Crippen LogP contribution is 2.32. The fourth-order valence-corrected chi connectivity index (χ4v) is 4.85. The summed E-state index contributed by atoms with van der Waals surface area (Å²) in [5, 5.41) is 22.0. The minimum atomic E-state index is -0.448. The van der Waals surface area contributed by atoms with E-state index in [1.807, 2.05) is 24.3 Å². The highest BCUT2D eigenvalue weighted by molar-refractivity contribution is 8.15. The minimum Gasteiger partial charge on any atom is -0.284 e. The van der Waals surface area contributed by atoms with Gasteiger partial charge in [-0.25, -0.2) is 0 Å². The molecule has 1 aliphatic rings. The molecule has 1 fully saturated rings. The van der Waals surface area contributed by atoms with Crippen molar-refractivity contribution < 1.29 is 9.72 Å². The molecule has 1 aliphatic heterocycles. The van der Waals surface area contributed by atoms with Gasteiger partial charge in [0, 0.05) is 17.7 Å². The van der Waals surface area contributed by atoms with Crippen LogP contribution in [0.25, 0.3) is 10.8 Å². The van der Waals surface area contributed by atoms with E-state index < -0.39 is 4.92 Å². The zero-order valence-corrected chi connectivity index (χ0v) is 18.4. The number of amidine groups is 1. The van der Waals surface area contributed by atoms with Crippen LogP contribution in [0.1, 0.15) is 30.9 Å². The fourth-order valence-electron chi connectivity index (χ4n) is 3.64. The zero-order valence-electron chi connectivity index (χ0n) is 17.5. The van der Waals surface area contributed by atoms with Crippen LogP contribution in [0.3, 0.4) is 0 Å². The summed E-state index contributed by atoms with van der Waals surface area (Å²) in [5.41, 5.74) is 1.61. The van der Waals surface area contributed by atoms with Crippen molar-refractivity contribution in [2.45, 2.75) is 31.6 Å². The van der Waals surface area contributed by atoms with Gasteiger partial charge in [-0.2, -0.15) is 5.10 Å². The molecule has 0 aliphatic carbocycles. The molecular formula is C24H22N4O3S. The summed E-state index contributed by atoms with van der Waals surface area (Å²) in [5.74, 6) is 0.0362. The second-order valence-electron chi connectivity index (χ2n) is 7.44. The first kappa shape index (κ1) is 21.7. The van der Waals surface area contributed by atoms with E-state index in [0.29, 0.717) is 17.3 Å². The van der Waals surface area contributed by atoms with Crippen molar-refractivity contribution >= 4 is 45.5 Å². The molecule has 7 nitrogen and oxygen atoms in total. The van der Waals surface area contributed by atoms with Gasteiger partial charge in [0.1, 0.15) is 0 Å². The first-order valence-corrected chi connectivity index (χ1v) is 11.2. The zero-order chi connectivity index (χ0) is 22.5. The molecule has 8 heteroatoms. The smallest absolute Gasteiger partial charge is 0.270 e. The number of carbonyl (C=O) groups is 1. The van der Waals surface area contributed by atoms with E-state index in [-0.39, 0.29) is 16.8 Å². The Morgan fingerprint density at radius 2 is 1.91 bits per heavy atom. The molecule has 32 heavy (non-hydrogen) atoms. The number of nitrogens with zero attached hydrogens (tertiary/aromatic N) is 4. The maximum Gasteiger partial charge on any atom is 0.270 e. The Morgan fingerprint density at radius 3 is 2.72 bits per heavy atom. The second-order valence-corrected chi connectivity index (χ2v) is 8.61. The van der Waals surface area contributed by atoms with Crippen molar-refractivity contribution in [2.24, 2.45) is 10.2 Å². The molecular weight excluding hydrogens is 424 g/mol. The Kier molecular flexibility index (Phi) is 6.61. The largest absolute Gasteiger partial charge is 0.284 e. The van der Waals surface area contributed by atoms with Crippen molar-refractivity contribution in [1.82, 2.24) is 4.90 Å². The number of thioether (sulfide) groups is 1. The van der Waals surface area contributed by atoms with Crippen molar-refractivity contribution in [3.8, 4) is 0 Å². The summed E-state index contributed by atoms with van der Waals surface area (Å²) >= 11 is 1.42. The first-order valence-electron chi connectivity index (χ1n) is 10.4. The van der Waals surface area contributed by atoms with Crippen molar-refractivity contribution in [2.75, 3.05) is 0 Å². The molecule has 0 radical (unpaired) electrons. The highest BCUT2D eigenvalue weighted by Gasteiger charge is 2.37. The summed E-state index contributed by atoms with van der Waals surface area (Å²) in [4.78, 5) is 25.3. The van der Waals surface area contributed by atoms with Crippen LogP contribution in [-0.2, 0) is 11.3 Å². The average molecular weight is 447 g/mol. The number of hydrogen-bond acceptors (Lipinski definition) is 6. The molecule has 3 aromatic rings.